The molecule has 2 aromatic rings. The number of benzene rings is 1. The molecule has 0 spiro atoms. The van der Waals surface area contributed by atoms with Crippen LogP contribution in [0.25, 0.3) is 0 Å². The van der Waals surface area contributed by atoms with Crippen LogP contribution in [0.2, 0.25) is 0 Å². The minimum atomic E-state index is -3.97. The Labute approximate surface area is 193 Å². The van der Waals surface area contributed by atoms with Crippen LogP contribution in [-0.4, -0.2) is 48.9 Å². The van der Waals surface area contributed by atoms with Gasteiger partial charge in [-0.2, -0.15) is 4.31 Å². The number of ether oxygens (including phenoxy) is 1. The molecule has 33 heavy (non-hydrogen) atoms. The summed E-state index contributed by atoms with van der Waals surface area (Å²) in [4.78, 5) is 25.2. The van der Waals surface area contributed by atoms with E-state index in [-0.39, 0.29) is 42.0 Å². The lowest BCUT2D eigenvalue weighted by atomic mass is 9.97. The lowest BCUT2D eigenvalue weighted by Crippen LogP contribution is -2.42. The summed E-state index contributed by atoms with van der Waals surface area (Å²) in [6.07, 6.45) is 0.682. The number of halogens is 1. The molecule has 1 saturated heterocycles. The Balaban J connectivity index is 1.79. The van der Waals surface area contributed by atoms with Crippen LogP contribution >= 0.6 is 0 Å². The smallest absolute Gasteiger partial charge is 0.341 e. The average molecular weight is 480 g/mol. The monoisotopic (exact) mass is 479 g/mol. The zero-order chi connectivity index (χ0) is 24.3. The number of nitrogens with zero attached hydrogens (tertiary/aromatic N) is 2. The van der Waals surface area contributed by atoms with E-state index < -0.39 is 21.8 Å². The molecule has 0 radical (unpaired) electrons. The largest absolute Gasteiger partial charge is 0.462 e. The Morgan fingerprint density at radius 1 is 1.09 bits per heavy atom. The molecule has 1 amide bonds. The molecule has 1 N–H and O–H groups in total. The number of hydrogen-bond donors (Lipinski definition) is 1. The van der Waals surface area contributed by atoms with Gasteiger partial charge >= 0.3 is 5.97 Å². The minimum Gasteiger partial charge on any atom is -0.462 e. The van der Waals surface area contributed by atoms with Crippen LogP contribution in [0.4, 0.5) is 10.1 Å². The van der Waals surface area contributed by atoms with E-state index in [2.05, 4.69) is 5.32 Å². The van der Waals surface area contributed by atoms with Crippen LogP contribution < -0.4 is 5.32 Å². The molecule has 0 atom stereocenters. The van der Waals surface area contributed by atoms with Gasteiger partial charge in [-0.15, -0.1) is 0 Å². The SMILES string of the molecule is CCOC(=O)c1c(S(=O)(=O)N2CCC(C(=O)Nc3ccc(F)cc3)CC2)c(C)n(CC)c1C. The number of aromatic nitrogens is 1. The van der Waals surface area contributed by atoms with Gasteiger partial charge in [0.15, 0.2) is 0 Å². The highest BCUT2D eigenvalue weighted by atomic mass is 32.2. The van der Waals surface area contributed by atoms with Crippen molar-refractivity contribution in [1.82, 2.24) is 8.87 Å². The number of piperidine rings is 1. The maximum absolute atomic E-state index is 13.6. The maximum Gasteiger partial charge on any atom is 0.341 e. The molecule has 8 nitrogen and oxygen atoms in total. The van der Waals surface area contributed by atoms with Gasteiger partial charge in [-0.3, -0.25) is 4.79 Å². The predicted molar refractivity (Wildman–Crippen MR) is 122 cm³/mol. The Kier molecular flexibility index (Phi) is 7.58. The number of esters is 1. The summed E-state index contributed by atoms with van der Waals surface area (Å²) >= 11 is 0. The summed E-state index contributed by atoms with van der Waals surface area (Å²) in [6, 6.07) is 5.48. The molecule has 180 valence electrons. The van der Waals surface area contributed by atoms with Crippen molar-refractivity contribution in [3.8, 4) is 0 Å². The van der Waals surface area contributed by atoms with Gasteiger partial charge in [-0.05, 0) is 64.8 Å². The van der Waals surface area contributed by atoms with Crippen molar-refractivity contribution in [1.29, 1.82) is 0 Å². The van der Waals surface area contributed by atoms with E-state index in [1.165, 1.54) is 28.6 Å². The summed E-state index contributed by atoms with van der Waals surface area (Å²) in [7, 11) is -3.97. The Bertz CT molecular complexity index is 1130. The molecule has 0 aliphatic carbocycles. The molecular formula is C23H30FN3O5S. The summed E-state index contributed by atoms with van der Waals surface area (Å²) in [5.41, 5.74) is 1.62. The van der Waals surface area contributed by atoms with Crippen molar-refractivity contribution in [2.75, 3.05) is 25.0 Å². The Morgan fingerprint density at radius 3 is 2.24 bits per heavy atom. The third kappa shape index (κ3) is 4.96. The molecular weight excluding hydrogens is 449 g/mol. The van der Waals surface area contributed by atoms with E-state index in [0.717, 1.165) is 0 Å². The summed E-state index contributed by atoms with van der Waals surface area (Å²) < 4.78 is 48.5. The van der Waals surface area contributed by atoms with E-state index in [1.54, 1.807) is 25.3 Å². The Hall–Kier alpha value is -2.72. The van der Waals surface area contributed by atoms with Gasteiger partial charge in [0.2, 0.25) is 15.9 Å². The summed E-state index contributed by atoms with van der Waals surface area (Å²) in [5, 5.41) is 2.75. The van der Waals surface area contributed by atoms with Crippen LogP contribution in [0.15, 0.2) is 29.2 Å². The zero-order valence-electron chi connectivity index (χ0n) is 19.4. The van der Waals surface area contributed by atoms with Gasteiger partial charge in [-0.25, -0.2) is 17.6 Å². The highest BCUT2D eigenvalue weighted by molar-refractivity contribution is 7.89. The second-order valence-electron chi connectivity index (χ2n) is 8.01. The number of nitrogens with one attached hydrogen (secondary N) is 1. The van der Waals surface area contributed by atoms with Gasteiger partial charge in [-0.1, -0.05) is 0 Å². The van der Waals surface area contributed by atoms with Gasteiger partial charge in [0.25, 0.3) is 0 Å². The van der Waals surface area contributed by atoms with Gasteiger partial charge in [0.05, 0.1) is 6.61 Å². The first-order valence-corrected chi connectivity index (χ1v) is 12.5. The first-order valence-electron chi connectivity index (χ1n) is 11.0. The van der Waals surface area contributed by atoms with Crippen LogP contribution in [0, 0.1) is 25.6 Å². The molecule has 10 heteroatoms. The fourth-order valence-electron chi connectivity index (χ4n) is 4.35. The van der Waals surface area contributed by atoms with E-state index in [0.29, 0.717) is 36.5 Å². The lowest BCUT2D eigenvalue weighted by Gasteiger charge is -2.30. The topological polar surface area (TPSA) is 97.7 Å². The maximum atomic E-state index is 13.6. The van der Waals surface area contributed by atoms with Gasteiger partial charge < -0.3 is 14.6 Å². The minimum absolute atomic E-state index is 0.0190. The fourth-order valence-corrected chi connectivity index (χ4v) is 6.28. The first-order chi connectivity index (χ1) is 15.6. The summed E-state index contributed by atoms with van der Waals surface area (Å²) in [5.74, 6) is -1.64. The normalized spacial score (nSPS) is 15.4. The third-order valence-electron chi connectivity index (χ3n) is 6.06. The molecule has 1 aliphatic heterocycles. The van der Waals surface area contributed by atoms with Crippen molar-refractivity contribution in [3.05, 3.63) is 47.0 Å². The molecule has 0 bridgehead atoms. The fraction of sp³-hybridized carbons (Fsp3) is 0.478. The third-order valence-corrected chi connectivity index (χ3v) is 8.12. The number of sulfonamides is 1. The van der Waals surface area contributed by atoms with E-state index >= 15 is 0 Å². The molecule has 1 aromatic heterocycles. The second-order valence-corrected chi connectivity index (χ2v) is 9.89. The first kappa shape index (κ1) is 24.9. The quantitative estimate of drug-likeness (QED) is 0.613. The average Bonchev–Trinajstić information content (AvgIpc) is 3.05. The van der Waals surface area contributed by atoms with Crippen molar-refractivity contribution < 1.29 is 27.1 Å². The van der Waals surface area contributed by atoms with E-state index in [9.17, 15) is 22.4 Å². The number of amides is 1. The van der Waals surface area contributed by atoms with Crippen LogP contribution in [0.3, 0.4) is 0 Å². The number of hydrogen-bond acceptors (Lipinski definition) is 5. The molecule has 0 unspecified atom stereocenters. The van der Waals surface area contributed by atoms with E-state index in [4.69, 9.17) is 4.74 Å². The molecule has 2 heterocycles. The van der Waals surface area contributed by atoms with E-state index in [1.807, 2.05) is 6.92 Å². The molecule has 1 aromatic carbocycles. The highest BCUT2D eigenvalue weighted by Gasteiger charge is 2.38. The standard InChI is InChI=1S/C23H30FN3O5S/c1-5-27-15(3)20(23(29)32-6-2)21(16(27)4)33(30,31)26-13-11-17(12-14-26)22(28)25-19-9-7-18(24)8-10-19/h7-10,17H,5-6,11-14H2,1-4H3,(H,25,28). The molecule has 1 fully saturated rings. The second kappa shape index (κ2) is 10.0. The van der Waals surface area contributed by atoms with Crippen molar-refractivity contribution in [2.45, 2.75) is 52.0 Å². The number of carbonyl (C=O) groups is 2. The van der Waals surface area contributed by atoms with Crippen LogP contribution in [0.5, 0.6) is 0 Å². The number of carbonyl (C=O) groups excluding carboxylic acids is 2. The number of anilines is 1. The zero-order valence-corrected chi connectivity index (χ0v) is 20.2. The summed E-state index contributed by atoms with van der Waals surface area (Å²) in [6.45, 7) is 7.93. The highest BCUT2D eigenvalue weighted by Crippen LogP contribution is 2.32. The van der Waals surface area contributed by atoms with Crippen molar-refractivity contribution >= 4 is 27.6 Å². The Morgan fingerprint density at radius 2 is 1.70 bits per heavy atom. The van der Waals surface area contributed by atoms with Gasteiger partial charge in [0, 0.05) is 42.6 Å². The van der Waals surface area contributed by atoms with Crippen LogP contribution in [-0.2, 0) is 26.1 Å². The van der Waals surface area contributed by atoms with Crippen LogP contribution in [0.1, 0.15) is 48.4 Å². The molecule has 3 rings (SSSR count). The lowest BCUT2D eigenvalue weighted by molar-refractivity contribution is -0.120. The number of rotatable bonds is 7. The van der Waals surface area contributed by atoms with Crippen molar-refractivity contribution in [3.63, 3.8) is 0 Å². The van der Waals surface area contributed by atoms with Crippen molar-refractivity contribution in [2.24, 2.45) is 5.92 Å². The predicted octanol–water partition coefficient (Wildman–Crippen LogP) is 3.48. The van der Waals surface area contributed by atoms with Gasteiger partial charge in [0.1, 0.15) is 16.3 Å². The molecule has 0 saturated carbocycles. The molecule has 1 aliphatic rings.